The van der Waals surface area contributed by atoms with Crippen LogP contribution in [0.15, 0.2) is 75.4 Å². The van der Waals surface area contributed by atoms with E-state index in [1.165, 1.54) is 11.3 Å². The maximum Gasteiger partial charge on any atom is 0.345 e. The number of hydrogen-bond acceptors (Lipinski definition) is 4. The molecule has 0 radical (unpaired) electrons. The molecule has 5 rings (SSSR count). The first-order valence-corrected chi connectivity index (χ1v) is 8.73. The standard InChI is InChI=1S/C20H12N2O2S/c23-20-14(9-12-5-1-4-8-18(12)24-20)17-11-25-19(22-17)15-10-21-16-7-3-2-6-13(15)16/h1-11,21H. The first kappa shape index (κ1) is 14.2. The van der Waals surface area contributed by atoms with Crippen molar-refractivity contribution >= 4 is 33.2 Å². The monoisotopic (exact) mass is 344 g/mol. The Bertz CT molecular complexity index is 1280. The summed E-state index contributed by atoms with van der Waals surface area (Å²) in [5.74, 6) is 0. The molecule has 1 N–H and O–H groups in total. The summed E-state index contributed by atoms with van der Waals surface area (Å²) in [6, 6.07) is 17.4. The number of aromatic nitrogens is 2. The lowest BCUT2D eigenvalue weighted by Crippen LogP contribution is -2.02. The van der Waals surface area contributed by atoms with Crippen LogP contribution >= 0.6 is 11.3 Å². The number of aromatic amines is 1. The van der Waals surface area contributed by atoms with Gasteiger partial charge in [-0.15, -0.1) is 11.3 Å². The van der Waals surface area contributed by atoms with Gasteiger partial charge in [-0.2, -0.15) is 0 Å². The molecule has 0 saturated carbocycles. The van der Waals surface area contributed by atoms with Gasteiger partial charge < -0.3 is 9.40 Å². The van der Waals surface area contributed by atoms with Crippen molar-refractivity contribution in [3.8, 4) is 21.8 Å². The number of thiazole rings is 1. The van der Waals surface area contributed by atoms with Crippen molar-refractivity contribution in [2.75, 3.05) is 0 Å². The summed E-state index contributed by atoms with van der Waals surface area (Å²) < 4.78 is 5.42. The van der Waals surface area contributed by atoms with Gasteiger partial charge in [-0.1, -0.05) is 36.4 Å². The number of rotatable bonds is 2. The summed E-state index contributed by atoms with van der Waals surface area (Å²) in [5.41, 5.74) is 3.46. The molecule has 0 amide bonds. The molecular weight excluding hydrogens is 332 g/mol. The second-order valence-electron chi connectivity index (χ2n) is 5.77. The number of fused-ring (bicyclic) bond motifs is 2. The zero-order valence-electron chi connectivity index (χ0n) is 13.0. The molecule has 0 bridgehead atoms. The fourth-order valence-electron chi connectivity index (χ4n) is 3.01. The summed E-state index contributed by atoms with van der Waals surface area (Å²) in [5, 5.41) is 4.78. The van der Waals surface area contributed by atoms with E-state index in [-0.39, 0.29) is 5.63 Å². The van der Waals surface area contributed by atoms with Crippen LogP contribution in [0, 0.1) is 0 Å². The molecule has 3 aromatic heterocycles. The van der Waals surface area contributed by atoms with Gasteiger partial charge >= 0.3 is 5.63 Å². The van der Waals surface area contributed by atoms with Gasteiger partial charge in [0.25, 0.3) is 0 Å². The van der Waals surface area contributed by atoms with Crippen molar-refractivity contribution in [1.29, 1.82) is 0 Å². The molecule has 5 aromatic rings. The van der Waals surface area contributed by atoms with E-state index in [0.717, 1.165) is 26.9 Å². The Hall–Kier alpha value is -3.18. The van der Waals surface area contributed by atoms with Crippen molar-refractivity contribution in [3.63, 3.8) is 0 Å². The SMILES string of the molecule is O=c1oc2ccccc2cc1-c1csc(-c2c[nH]c3ccccc23)n1. The quantitative estimate of drug-likeness (QED) is 0.455. The summed E-state index contributed by atoms with van der Waals surface area (Å²) >= 11 is 1.52. The van der Waals surface area contributed by atoms with Gasteiger partial charge in [0.05, 0.1) is 11.3 Å². The van der Waals surface area contributed by atoms with Gasteiger partial charge in [0, 0.05) is 33.4 Å². The van der Waals surface area contributed by atoms with Crippen LogP contribution in [0.25, 0.3) is 43.7 Å². The first-order chi connectivity index (χ1) is 12.3. The van der Waals surface area contributed by atoms with Crippen molar-refractivity contribution in [3.05, 3.63) is 76.6 Å². The second kappa shape index (κ2) is 5.43. The highest BCUT2D eigenvalue weighted by atomic mass is 32.1. The van der Waals surface area contributed by atoms with E-state index in [1.54, 1.807) is 6.07 Å². The summed E-state index contributed by atoms with van der Waals surface area (Å²) in [7, 11) is 0. The van der Waals surface area contributed by atoms with Gasteiger partial charge in [0.15, 0.2) is 0 Å². The predicted octanol–water partition coefficient (Wildman–Crippen LogP) is 5.06. The number of H-pyrrole nitrogens is 1. The Kier molecular flexibility index (Phi) is 3.08. The summed E-state index contributed by atoms with van der Waals surface area (Å²) in [4.78, 5) is 20.3. The predicted molar refractivity (Wildman–Crippen MR) is 101 cm³/mol. The Morgan fingerprint density at radius 2 is 1.84 bits per heavy atom. The Morgan fingerprint density at radius 1 is 1.00 bits per heavy atom. The number of hydrogen-bond donors (Lipinski definition) is 1. The lowest BCUT2D eigenvalue weighted by Gasteiger charge is -1.99. The van der Waals surface area contributed by atoms with E-state index in [0.29, 0.717) is 16.8 Å². The van der Waals surface area contributed by atoms with E-state index >= 15 is 0 Å². The Morgan fingerprint density at radius 3 is 2.80 bits per heavy atom. The molecule has 120 valence electrons. The molecule has 0 aliphatic rings. The van der Waals surface area contributed by atoms with E-state index < -0.39 is 0 Å². The lowest BCUT2D eigenvalue weighted by atomic mass is 10.1. The van der Waals surface area contributed by atoms with Gasteiger partial charge in [0.2, 0.25) is 0 Å². The maximum absolute atomic E-state index is 12.3. The molecule has 5 heteroatoms. The van der Waals surface area contributed by atoms with Crippen LogP contribution in [0.5, 0.6) is 0 Å². The number of para-hydroxylation sites is 2. The number of nitrogens with one attached hydrogen (secondary N) is 1. The van der Waals surface area contributed by atoms with Crippen LogP contribution in [0.3, 0.4) is 0 Å². The van der Waals surface area contributed by atoms with Crippen molar-refractivity contribution < 1.29 is 4.42 Å². The third-order valence-corrected chi connectivity index (χ3v) is 5.12. The number of benzene rings is 2. The molecule has 25 heavy (non-hydrogen) atoms. The molecule has 2 aromatic carbocycles. The molecule has 3 heterocycles. The van der Waals surface area contributed by atoms with E-state index in [4.69, 9.17) is 4.42 Å². The molecule has 0 atom stereocenters. The average Bonchev–Trinajstić information content (AvgIpc) is 3.28. The summed E-state index contributed by atoms with van der Waals surface area (Å²) in [6.07, 6.45) is 1.95. The van der Waals surface area contributed by atoms with E-state index in [9.17, 15) is 4.79 Å². The molecule has 0 fully saturated rings. The van der Waals surface area contributed by atoms with Crippen LogP contribution in [0.1, 0.15) is 0 Å². The van der Waals surface area contributed by atoms with Crippen molar-refractivity contribution in [2.45, 2.75) is 0 Å². The maximum atomic E-state index is 12.3. The zero-order chi connectivity index (χ0) is 16.8. The summed E-state index contributed by atoms with van der Waals surface area (Å²) in [6.45, 7) is 0. The molecular formula is C20H12N2O2S. The molecule has 0 aliphatic heterocycles. The normalized spacial score (nSPS) is 11.4. The minimum absolute atomic E-state index is 0.366. The topological polar surface area (TPSA) is 58.9 Å². The van der Waals surface area contributed by atoms with Crippen molar-refractivity contribution in [2.24, 2.45) is 0 Å². The van der Waals surface area contributed by atoms with Crippen LogP contribution < -0.4 is 5.63 Å². The highest BCUT2D eigenvalue weighted by Gasteiger charge is 2.14. The third-order valence-electron chi connectivity index (χ3n) is 4.24. The first-order valence-electron chi connectivity index (χ1n) is 7.85. The highest BCUT2D eigenvalue weighted by molar-refractivity contribution is 7.13. The molecule has 0 unspecified atom stereocenters. The Labute approximate surface area is 146 Å². The number of nitrogens with zero attached hydrogens (tertiary/aromatic N) is 1. The van der Waals surface area contributed by atoms with Crippen LogP contribution in [0.4, 0.5) is 0 Å². The van der Waals surface area contributed by atoms with Gasteiger partial charge in [-0.25, -0.2) is 9.78 Å². The largest absolute Gasteiger partial charge is 0.422 e. The van der Waals surface area contributed by atoms with Crippen molar-refractivity contribution in [1.82, 2.24) is 9.97 Å². The molecule has 0 spiro atoms. The smallest absolute Gasteiger partial charge is 0.345 e. The molecule has 4 nitrogen and oxygen atoms in total. The van der Waals surface area contributed by atoms with Gasteiger partial charge in [0.1, 0.15) is 10.6 Å². The van der Waals surface area contributed by atoms with Crippen LogP contribution in [0.2, 0.25) is 0 Å². The van der Waals surface area contributed by atoms with Crippen LogP contribution in [-0.2, 0) is 0 Å². The molecule has 0 saturated heterocycles. The van der Waals surface area contributed by atoms with Gasteiger partial charge in [-0.05, 0) is 18.2 Å². The van der Waals surface area contributed by atoms with E-state index in [1.807, 2.05) is 54.0 Å². The lowest BCUT2D eigenvalue weighted by molar-refractivity contribution is 0.563. The minimum atomic E-state index is -0.366. The fourth-order valence-corrected chi connectivity index (χ4v) is 3.86. The molecule has 0 aliphatic carbocycles. The Balaban J connectivity index is 1.66. The average molecular weight is 344 g/mol. The zero-order valence-corrected chi connectivity index (χ0v) is 13.8. The second-order valence-corrected chi connectivity index (χ2v) is 6.63. The highest BCUT2D eigenvalue weighted by Crippen LogP contribution is 2.33. The third kappa shape index (κ3) is 2.28. The fraction of sp³-hybridized carbons (Fsp3) is 0. The van der Waals surface area contributed by atoms with E-state index in [2.05, 4.69) is 16.0 Å². The minimum Gasteiger partial charge on any atom is -0.422 e. The van der Waals surface area contributed by atoms with Crippen LogP contribution in [-0.4, -0.2) is 9.97 Å². The van der Waals surface area contributed by atoms with Gasteiger partial charge in [-0.3, -0.25) is 0 Å².